The van der Waals surface area contributed by atoms with Gasteiger partial charge in [-0.05, 0) is 54.4 Å². The molecule has 1 saturated carbocycles. The number of rotatable bonds is 7. The van der Waals surface area contributed by atoms with Crippen LogP contribution in [0.25, 0.3) is 16.7 Å². The molecular formula is C26H32. The van der Waals surface area contributed by atoms with E-state index in [1.165, 1.54) is 72.8 Å². The molecule has 0 atom stereocenters. The number of allylic oxidation sites excluding steroid dienone is 3. The zero-order valence-electron chi connectivity index (χ0n) is 16.2. The highest BCUT2D eigenvalue weighted by Gasteiger charge is 2.14. The van der Waals surface area contributed by atoms with Crippen LogP contribution in [-0.2, 0) is 0 Å². The average Bonchev–Trinajstić information content (AvgIpc) is 2.69. The number of hydrogen-bond acceptors (Lipinski definition) is 0. The Morgan fingerprint density at radius 2 is 1.58 bits per heavy atom. The summed E-state index contributed by atoms with van der Waals surface area (Å²) in [6.07, 6.45) is 13.1. The van der Waals surface area contributed by atoms with Gasteiger partial charge in [0.2, 0.25) is 0 Å². The standard InChI is InChI=1S/C26H32/c1-21(2)13-15-24(16-14-22-9-5-3-6-10-22)26-19-17-25(18-20-26)23-11-7-4-8-12-23/h4,7-8,11-12,15,17-20,22H,1,3,5-6,9-10,13-14,16H2,2H3. The molecule has 0 heterocycles. The monoisotopic (exact) mass is 344 g/mol. The first kappa shape index (κ1) is 18.7. The quantitative estimate of drug-likeness (QED) is 0.445. The molecule has 1 fully saturated rings. The Kier molecular flexibility index (Phi) is 6.89. The Balaban J connectivity index is 1.73. The lowest BCUT2D eigenvalue weighted by Crippen LogP contribution is -2.06. The fourth-order valence-corrected chi connectivity index (χ4v) is 4.00. The minimum atomic E-state index is 0.931. The van der Waals surface area contributed by atoms with Crippen molar-refractivity contribution >= 4 is 5.57 Å². The van der Waals surface area contributed by atoms with Crippen LogP contribution < -0.4 is 0 Å². The van der Waals surface area contributed by atoms with Gasteiger partial charge in [-0.15, -0.1) is 0 Å². The Bertz CT molecular complexity index is 712. The van der Waals surface area contributed by atoms with Crippen molar-refractivity contribution in [3.8, 4) is 11.1 Å². The molecule has 1 aliphatic carbocycles. The van der Waals surface area contributed by atoms with Crippen molar-refractivity contribution in [2.24, 2.45) is 5.92 Å². The minimum absolute atomic E-state index is 0.931. The van der Waals surface area contributed by atoms with E-state index in [1.807, 2.05) is 0 Å². The molecule has 2 aromatic rings. The molecule has 136 valence electrons. The maximum Gasteiger partial charge on any atom is -0.0138 e. The van der Waals surface area contributed by atoms with Gasteiger partial charge >= 0.3 is 0 Å². The van der Waals surface area contributed by atoms with E-state index >= 15 is 0 Å². The topological polar surface area (TPSA) is 0 Å². The first-order valence-electron chi connectivity index (χ1n) is 10.2. The van der Waals surface area contributed by atoms with E-state index in [-0.39, 0.29) is 0 Å². The number of benzene rings is 2. The van der Waals surface area contributed by atoms with Crippen molar-refractivity contribution in [1.82, 2.24) is 0 Å². The molecule has 0 amide bonds. The SMILES string of the molecule is C=C(C)CC=C(CCC1CCCCC1)c1ccc(-c2ccccc2)cc1. The smallest absolute Gasteiger partial charge is 0.0138 e. The first-order chi connectivity index (χ1) is 12.7. The molecular weight excluding hydrogens is 312 g/mol. The lowest BCUT2D eigenvalue weighted by atomic mass is 9.84. The van der Waals surface area contributed by atoms with Gasteiger partial charge in [0.05, 0.1) is 0 Å². The summed E-state index contributed by atoms with van der Waals surface area (Å²) in [4.78, 5) is 0. The zero-order valence-corrected chi connectivity index (χ0v) is 16.2. The third-order valence-electron chi connectivity index (χ3n) is 5.61. The lowest BCUT2D eigenvalue weighted by molar-refractivity contribution is 0.342. The first-order valence-corrected chi connectivity index (χ1v) is 10.2. The van der Waals surface area contributed by atoms with Crippen LogP contribution in [0.1, 0.15) is 63.9 Å². The predicted molar refractivity (Wildman–Crippen MR) is 115 cm³/mol. The van der Waals surface area contributed by atoms with Gasteiger partial charge in [-0.25, -0.2) is 0 Å². The molecule has 0 N–H and O–H groups in total. The van der Waals surface area contributed by atoms with E-state index in [1.54, 1.807) is 0 Å². The molecule has 0 aromatic heterocycles. The zero-order chi connectivity index (χ0) is 18.2. The maximum absolute atomic E-state index is 4.08. The largest absolute Gasteiger partial charge is 0.0998 e. The molecule has 3 rings (SSSR count). The third kappa shape index (κ3) is 5.46. The van der Waals surface area contributed by atoms with Gasteiger partial charge in [0, 0.05) is 0 Å². The average molecular weight is 345 g/mol. The molecule has 0 saturated heterocycles. The van der Waals surface area contributed by atoms with Crippen LogP contribution in [0.2, 0.25) is 0 Å². The van der Waals surface area contributed by atoms with Crippen LogP contribution in [0, 0.1) is 5.92 Å². The van der Waals surface area contributed by atoms with Gasteiger partial charge in [0.1, 0.15) is 0 Å². The second-order valence-corrected chi connectivity index (χ2v) is 7.88. The molecule has 0 spiro atoms. The van der Waals surface area contributed by atoms with Crippen LogP contribution in [0.5, 0.6) is 0 Å². The third-order valence-corrected chi connectivity index (χ3v) is 5.61. The highest BCUT2D eigenvalue weighted by molar-refractivity contribution is 5.70. The molecule has 26 heavy (non-hydrogen) atoms. The fourth-order valence-electron chi connectivity index (χ4n) is 4.00. The minimum Gasteiger partial charge on any atom is -0.0998 e. The summed E-state index contributed by atoms with van der Waals surface area (Å²) in [5.74, 6) is 0.931. The number of hydrogen-bond donors (Lipinski definition) is 0. The summed E-state index contributed by atoms with van der Waals surface area (Å²) >= 11 is 0. The lowest BCUT2D eigenvalue weighted by Gasteiger charge is -2.22. The molecule has 0 heteroatoms. The van der Waals surface area contributed by atoms with Gasteiger partial charge in [-0.3, -0.25) is 0 Å². The van der Waals surface area contributed by atoms with Gasteiger partial charge in [0.25, 0.3) is 0 Å². The van der Waals surface area contributed by atoms with E-state index in [0.29, 0.717) is 0 Å². The van der Waals surface area contributed by atoms with Gasteiger partial charge in [-0.1, -0.05) is 105 Å². The summed E-state index contributed by atoms with van der Waals surface area (Å²) < 4.78 is 0. The maximum atomic E-state index is 4.08. The Morgan fingerprint density at radius 3 is 2.23 bits per heavy atom. The molecule has 0 radical (unpaired) electrons. The predicted octanol–water partition coefficient (Wildman–Crippen LogP) is 8.06. The van der Waals surface area contributed by atoms with Crippen LogP contribution in [0.4, 0.5) is 0 Å². The normalized spacial score (nSPS) is 15.8. The molecule has 1 aliphatic rings. The van der Waals surface area contributed by atoms with E-state index < -0.39 is 0 Å². The summed E-state index contributed by atoms with van der Waals surface area (Å²) in [5, 5.41) is 0. The van der Waals surface area contributed by atoms with E-state index in [2.05, 4.69) is 74.2 Å². The molecule has 0 unspecified atom stereocenters. The summed E-state index contributed by atoms with van der Waals surface area (Å²) in [6, 6.07) is 19.8. The second-order valence-electron chi connectivity index (χ2n) is 7.88. The van der Waals surface area contributed by atoms with Gasteiger partial charge < -0.3 is 0 Å². The van der Waals surface area contributed by atoms with Crippen LogP contribution >= 0.6 is 0 Å². The van der Waals surface area contributed by atoms with Crippen LogP contribution in [0.15, 0.2) is 72.8 Å². The van der Waals surface area contributed by atoms with Crippen molar-refractivity contribution in [2.75, 3.05) is 0 Å². The molecule has 0 bridgehead atoms. The Labute approximate surface area is 159 Å². The highest BCUT2D eigenvalue weighted by Crippen LogP contribution is 2.32. The van der Waals surface area contributed by atoms with Crippen LogP contribution in [-0.4, -0.2) is 0 Å². The fraction of sp³-hybridized carbons (Fsp3) is 0.385. The van der Waals surface area contributed by atoms with E-state index in [4.69, 9.17) is 0 Å². The summed E-state index contributed by atoms with van der Waals surface area (Å²) in [6.45, 7) is 6.20. The summed E-state index contributed by atoms with van der Waals surface area (Å²) in [7, 11) is 0. The molecule has 0 nitrogen and oxygen atoms in total. The van der Waals surface area contributed by atoms with Gasteiger partial charge in [0.15, 0.2) is 0 Å². The van der Waals surface area contributed by atoms with Crippen LogP contribution in [0.3, 0.4) is 0 Å². The highest BCUT2D eigenvalue weighted by atomic mass is 14.2. The molecule has 0 aliphatic heterocycles. The van der Waals surface area contributed by atoms with E-state index in [0.717, 1.165) is 12.3 Å². The molecule has 2 aromatic carbocycles. The van der Waals surface area contributed by atoms with Crippen molar-refractivity contribution in [3.05, 3.63) is 78.4 Å². The summed E-state index contributed by atoms with van der Waals surface area (Å²) in [5.41, 5.74) is 6.69. The van der Waals surface area contributed by atoms with Crippen molar-refractivity contribution in [3.63, 3.8) is 0 Å². The van der Waals surface area contributed by atoms with Crippen molar-refractivity contribution < 1.29 is 0 Å². The van der Waals surface area contributed by atoms with E-state index in [9.17, 15) is 0 Å². The Hall–Kier alpha value is -2.08. The Morgan fingerprint density at radius 1 is 0.923 bits per heavy atom. The van der Waals surface area contributed by atoms with Crippen molar-refractivity contribution in [2.45, 2.75) is 58.3 Å². The van der Waals surface area contributed by atoms with Crippen molar-refractivity contribution in [1.29, 1.82) is 0 Å². The van der Waals surface area contributed by atoms with Gasteiger partial charge in [-0.2, -0.15) is 0 Å². The second kappa shape index (κ2) is 9.57.